The third kappa shape index (κ3) is 2.79. The molecule has 0 aliphatic heterocycles. The first kappa shape index (κ1) is 11.5. The van der Waals surface area contributed by atoms with Crippen LogP contribution in [0.1, 0.15) is 5.56 Å². The Morgan fingerprint density at radius 2 is 2.06 bits per heavy atom. The topological polar surface area (TPSA) is 63.1 Å². The Balaban J connectivity index is 2.50. The molecule has 0 aliphatic carbocycles. The van der Waals surface area contributed by atoms with Gasteiger partial charge < -0.3 is 5.11 Å². The number of aromatic nitrogens is 2. The minimum Gasteiger partial charge on any atom is -0.481 e. The molecule has 0 unspecified atom stereocenters. The molecule has 2 aromatic heterocycles. The van der Waals surface area contributed by atoms with E-state index in [0.717, 1.165) is 5.56 Å². The minimum atomic E-state index is -0.913. The standard InChI is InChI=1S/C12H9ClN2O2/c13-10-5-9(6-11(16)17)12(15-7-10)8-1-3-14-4-2-8/h1-5,7H,6H2,(H,16,17). The van der Waals surface area contributed by atoms with Crippen molar-refractivity contribution < 1.29 is 9.90 Å². The van der Waals surface area contributed by atoms with E-state index in [9.17, 15) is 4.79 Å². The van der Waals surface area contributed by atoms with E-state index in [1.165, 1.54) is 6.20 Å². The van der Waals surface area contributed by atoms with E-state index >= 15 is 0 Å². The Kier molecular flexibility index (Phi) is 3.35. The van der Waals surface area contributed by atoms with Gasteiger partial charge in [-0.05, 0) is 23.8 Å². The first-order valence-electron chi connectivity index (χ1n) is 4.93. The van der Waals surface area contributed by atoms with Gasteiger partial charge in [0.25, 0.3) is 0 Å². The number of carboxylic acids is 1. The van der Waals surface area contributed by atoms with Crippen molar-refractivity contribution in [1.82, 2.24) is 9.97 Å². The van der Waals surface area contributed by atoms with Crippen molar-refractivity contribution in [3.05, 3.63) is 47.4 Å². The van der Waals surface area contributed by atoms with E-state index in [-0.39, 0.29) is 6.42 Å². The normalized spacial score (nSPS) is 10.2. The average Bonchev–Trinajstić information content (AvgIpc) is 2.29. The quantitative estimate of drug-likeness (QED) is 0.906. The van der Waals surface area contributed by atoms with Crippen LogP contribution in [0, 0.1) is 0 Å². The molecule has 0 amide bonds. The fourth-order valence-electron chi connectivity index (χ4n) is 1.55. The van der Waals surface area contributed by atoms with E-state index in [2.05, 4.69) is 9.97 Å². The summed E-state index contributed by atoms with van der Waals surface area (Å²) in [6, 6.07) is 5.18. The van der Waals surface area contributed by atoms with Crippen LogP contribution in [0.4, 0.5) is 0 Å². The Hall–Kier alpha value is -1.94. The smallest absolute Gasteiger partial charge is 0.307 e. The van der Waals surface area contributed by atoms with E-state index in [1.807, 2.05) is 0 Å². The van der Waals surface area contributed by atoms with Crippen molar-refractivity contribution in [1.29, 1.82) is 0 Å². The SMILES string of the molecule is O=C(O)Cc1cc(Cl)cnc1-c1ccncc1. The second-order valence-electron chi connectivity index (χ2n) is 3.47. The fourth-order valence-corrected chi connectivity index (χ4v) is 1.73. The number of carboxylic acid groups (broad SMARTS) is 1. The molecule has 0 saturated carbocycles. The summed E-state index contributed by atoms with van der Waals surface area (Å²) in [5.74, 6) is -0.913. The van der Waals surface area contributed by atoms with Gasteiger partial charge >= 0.3 is 5.97 Å². The highest BCUT2D eigenvalue weighted by molar-refractivity contribution is 6.30. The van der Waals surface area contributed by atoms with Crippen LogP contribution in [0.15, 0.2) is 36.8 Å². The van der Waals surface area contributed by atoms with Crippen LogP contribution in [0.3, 0.4) is 0 Å². The molecule has 0 bridgehead atoms. The lowest BCUT2D eigenvalue weighted by Gasteiger charge is -2.07. The van der Waals surface area contributed by atoms with Crippen molar-refractivity contribution >= 4 is 17.6 Å². The van der Waals surface area contributed by atoms with E-state index in [1.54, 1.807) is 30.6 Å². The molecule has 0 atom stereocenters. The number of hydrogen-bond acceptors (Lipinski definition) is 3. The van der Waals surface area contributed by atoms with Crippen LogP contribution in [0.5, 0.6) is 0 Å². The highest BCUT2D eigenvalue weighted by atomic mass is 35.5. The van der Waals surface area contributed by atoms with Gasteiger partial charge in [-0.3, -0.25) is 14.8 Å². The third-order valence-electron chi connectivity index (χ3n) is 2.23. The Bertz CT molecular complexity index is 543. The summed E-state index contributed by atoms with van der Waals surface area (Å²) >= 11 is 5.82. The van der Waals surface area contributed by atoms with Crippen molar-refractivity contribution in [3.63, 3.8) is 0 Å². The summed E-state index contributed by atoms with van der Waals surface area (Å²) in [4.78, 5) is 18.9. The van der Waals surface area contributed by atoms with Crippen LogP contribution in [0.25, 0.3) is 11.3 Å². The molecular weight excluding hydrogens is 240 g/mol. The van der Waals surface area contributed by atoms with Gasteiger partial charge in [0.1, 0.15) is 0 Å². The summed E-state index contributed by atoms with van der Waals surface area (Å²) in [5, 5.41) is 9.28. The van der Waals surface area contributed by atoms with Gasteiger partial charge in [-0.15, -0.1) is 0 Å². The van der Waals surface area contributed by atoms with Gasteiger partial charge in [0.15, 0.2) is 0 Å². The zero-order valence-corrected chi connectivity index (χ0v) is 9.55. The number of rotatable bonds is 3. The summed E-state index contributed by atoms with van der Waals surface area (Å²) in [6.07, 6.45) is 4.67. The second-order valence-corrected chi connectivity index (χ2v) is 3.90. The highest BCUT2D eigenvalue weighted by Gasteiger charge is 2.10. The van der Waals surface area contributed by atoms with Gasteiger partial charge in [0, 0.05) is 24.2 Å². The van der Waals surface area contributed by atoms with E-state index < -0.39 is 5.97 Å². The van der Waals surface area contributed by atoms with E-state index in [4.69, 9.17) is 16.7 Å². The number of nitrogens with zero attached hydrogens (tertiary/aromatic N) is 2. The molecule has 17 heavy (non-hydrogen) atoms. The number of hydrogen-bond donors (Lipinski definition) is 1. The van der Waals surface area contributed by atoms with Gasteiger partial charge in [0.2, 0.25) is 0 Å². The lowest BCUT2D eigenvalue weighted by atomic mass is 10.0. The van der Waals surface area contributed by atoms with Gasteiger partial charge in [-0.2, -0.15) is 0 Å². The molecule has 4 nitrogen and oxygen atoms in total. The van der Waals surface area contributed by atoms with Crippen LogP contribution in [0.2, 0.25) is 5.02 Å². The molecule has 86 valence electrons. The Morgan fingerprint density at radius 3 is 2.71 bits per heavy atom. The molecule has 0 aliphatic rings. The largest absolute Gasteiger partial charge is 0.481 e. The van der Waals surface area contributed by atoms with Crippen molar-refractivity contribution in [2.24, 2.45) is 0 Å². The van der Waals surface area contributed by atoms with Crippen LogP contribution in [-0.2, 0) is 11.2 Å². The maximum Gasteiger partial charge on any atom is 0.307 e. The number of halogens is 1. The molecule has 0 radical (unpaired) electrons. The first-order valence-corrected chi connectivity index (χ1v) is 5.31. The van der Waals surface area contributed by atoms with Gasteiger partial charge in [-0.25, -0.2) is 0 Å². The molecule has 0 aromatic carbocycles. The van der Waals surface area contributed by atoms with Crippen LogP contribution >= 0.6 is 11.6 Å². The van der Waals surface area contributed by atoms with Crippen molar-refractivity contribution in [2.75, 3.05) is 0 Å². The third-order valence-corrected chi connectivity index (χ3v) is 2.44. The molecule has 0 saturated heterocycles. The molecule has 0 fully saturated rings. The summed E-state index contributed by atoms with van der Waals surface area (Å²) in [7, 11) is 0. The van der Waals surface area contributed by atoms with E-state index in [0.29, 0.717) is 16.3 Å². The molecule has 5 heteroatoms. The monoisotopic (exact) mass is 248 g/mol. The molecule has 2 rings (SSSR count). The fraction of sp³-hybridized carbons (Fsp3) is 0.0833. The minimum absolute atomic E-state index is 0.106. The maximum atomic E-state index is 10.8. The lowest BCUT2D eigenvalue weighted by Crippen LogP contribution is -2.03. The van der Waals surface area contributed by atoms with Crippen molar-refractivity contribution in [3.8, 4) is 11.3 Å². The predicted molar refractivity (Wildman–Crippen MR) is 63.8 cm³/mol. The Morgan fingerprint density at radius 1 is 1.35 bits per heavy atom. The van der Waals surface area contributed by atoms with Gasteiger partial charge in [-0.1, -0.05) is 11.6 Å². The lowest BCUT2D eigenvalue weighted by molar-refractivity contribution is -0.136. The second kappa shape index (κ2) is 4.93. The molecule has 1 N–H and O–H groups in total. The first-order chi connectivity index (χ1) is 8.16. The molecular formula is C12H9ClN2O2. The summed E-state index contributed by atoms with van der Waals surface area (Å²) in [6.45, 7) is 0. The zero-order valence-electron chi connectivity index (χ0n) is 8.80. The number of aliphatic carboxylic acids is 1. The predicted octanol–water partition coefficient (Wildman–Crippen LogP) is 2.42. The zero-order chi connectivity index (χ0) is 12.3. The van der Waals surface area contributed by atoms with Crippen molar-refractivity contribution in [2.45, 2.75) is 6.42 Å². The summed E-state index contributed by atoms with van der Waals surface area (Å²) in [5.41, 5.74) is 2.04. The molecule has 2 aromatic rings. The average molecular weight is 249 g/mol. The number of carbonyl (C=O) groups is 1. The summed E-state index contributed by atoms with van der Waals surface area (Å²) < 4.78 is 0. The van der Waals surface area contributed by atoms with Gasteiger partial charge in [0.05, 0.1) is 17.1 Å². The molecule has 2 heterocycles. The molecule has 0 spiro atoms. The van der Waals surface area contributed by atoms with Crippen LogP contribution in [-0.4, -0.2) is 21.0 Å². The van der Waals surface area contributed by atoms with Crippen LogP contribution < -0.4 is 0 Å². The highest BCUT2D eigenvalue weighted by Crippen LogP contribution is 2.23. The number of pyridine rings is 2. The Labute approximate surface area is 103 Å². The maximum absolute atomic E-state index is 10.8.